The molecule has 2 fully saturated rings. The fourth-order valence-corrected chi connectivity index (χ4v) is 4.26. The minimum atomic E-state index is 0.803. The van der Waals surface area contributed by atoms with Crippen LogP contribution in [0.25, 0.3) is 0 Å². The average Bonchev–Trinajstić information content (AvgIpc) is 2.62. The molecule has 1 aromatic rings. The third-order valence-corrected chi connectivity index (χ3v) is 5.69. The number of benzene rings is 1. The minimum Gasteiger partial charge on any atom is -0.493 e. The van der Waals surface area contributed by atoms with Crippen molar-refractivity contribution in [2.75, 3.05) is 40.4 Å². The molecule has 0 radical (unpaired) electrons. The largest absolute Gasteiger partial charge is 0.493 e. The summed E-state index contributed by atoms with van der Waals surface area (Å²) in [6.45, 7) is 8.17. The quantitative estimate of drug-likeness (QED) is 0.825. The van der Waals surface area contributed by atoms with Crippen LogP contribution in [-0.2, 0) is 6.54 Å². The molecule has 0 aromatic heterocycles. The highest BCUT2D eigenvalue weighted by Crippen LogP contribution is 2.29. The van der Waals surface area contributed by atoms with Gasteiger partial charge < -0.3 is 9.47 Å². The van der Waals surface area contributed by atoms with Crippen LogP contribution in [0.5, 0.6) is 11.5 Å². The van der Waals surface area contributed by atoms with Crippen LogP contribution >= 0.6 is 0 Å². The summed E-state index contributed by atoms with van der Waals surface area (Å²) in [7, 11) is 3.38. The molecule has 134 valence electrons. The lowest BCUT2D eigenvalue weighted by Gasteiger charge is -2.42. The molecule has 1 aromatic carbocycles. The molecule has 1 saturated carbocycles. The first-order chi connectivity index (χ1) is 11.7. The van der Waals surface area contributed by atoms with Crippen molar-refractivity contribution in [2.45, 2.75) is 45.2 Å². The van der Waals surface area contributed by atoms with Crippen LogP contribution in [0.3, 0.4) is 0 Å². The predicted octanol–water partition coefficient (Wildman–Crippen LogP) is 3.40. The molecule has 24 heavy (non-hydrogen) atoms. The summed E-state index contributed by atoms with van der Waals surface area (Å²) in [6.07, 6.45) is 5.64. The second kappa shape index (κ2) is 8.21. The summed E-state index contributed by atoms with van der Waals surface area (Å²) in [6, 6.07) is 7.09. The van der Waals surface area contributed by atoms with Crippen LogP contribution < -0.4 is 9.47 Å². The Morgan fingerprint density at radius 1 is 1.00 bits per heavy atom. The minimum absolute atomic E-state index is 0.803. The predicted molar refractivity (Wildman–Crippen MR) is 97.8 cm³/mol. The normalized spacial score (nSPS) is 26.3. The highest BCUT2D eigenvalue weighted by Gasteiger charge is 2.27. The number of nitrogens with zero attached hydrogens (tertiary/aromatic N) is 2. The van der Waals surface area contributed by atoms with E-state index in [0.717, 1.165) is 30.0 Å². The standard InChI is InChI=1S/C20H32N2O2/c1-16-5-4-6-18(13-16)22-11-9-21(10-12-22)15-17-7-8-19(23-2)20(14-17)24-3/h7-8,14,16,18H,4-6,9-13,15H2,1-3H3/t16-,18-/m0/s1. The van der Waals surface area contributed by atoms with Gasteiger partial charge in [0.1, 0.15) is 0 Å². The summed E-state index contributed by atoms with van der Waals surface area (Å²) in [5.41, 5.74) is 1.30. The Hall–Kier alpha value is -1.26. The third-order valence-electron chi connectivity index (χ3n) is 5.69. The summed E-state index contributed by atoms with van der Waals surface area (Å²) in [5, 5.41) is 0. The Labute approximate surface area is 146 Å². The molecular weight excluding hydrogens is 300 g/mol. The van der Waals surface area contributed by atoms with Gasteiger partial charge in [0.2, 0.25) is 0 Å². The Balaban J connectivity index is 1.52. The lowest BCUT2D eigenvalue weighted by Crippen LogP contribution is -2.50. The SMILES string of the molecule is COc1ccc(CN2CCN([C@H]3CCC[C@H](C)C3)CC2)cc1OC. The van der Waals surface area contributed by atoms with E-state index in [4.69, 9.17) is 9.47 Å². The molecule has 0 spiro atoms. The van der Waals surface area contributed by atoms with E-state index in [-0.39, 0.29) is 0 Å². The molecule has 1 aliphatic carbocycles. The van der Waals surface area contributed by atoms with Crippen molar-refractivity contribution in [3.63, 3.8) is 0 Å². The Kier molecular flexibility index (Phi) is 6.01. The molecule has 1 heterocycles. The third kappa shape index (κ3) is 4.22. The van der Waals surface area contributed by atoms with Crippen molar-refractivity contribution < 1.29 is 9.47 Å². The monoisotopic (exact) mass is 332 g/mol. The zero-order chi connectivity index (χ0) is 16.9. The van der Waals surface area contributed by atoms with Gasteiger partial charge in [-0.1, -0.05) is 25.8 Å². The fraction of sp³-hybridized carbons (Fsp3) is 0.700. The number of methoxy groups -OCH3 is 2. The van der Waals surface area contributed by atoms with E-state index in [9.17, 15) is 0 Å². The lowest BCUT2D eigenvalue weighted by atomic mass is 9.86. The molecular formula is C20H32N2O2. The first-order valence-electron chi connectivity index (χ1n) is 9.37. The van der Waals surface area contributed by atoms with E-state index < -0.39 is 0 Å². The maximum Gasteiger partial charge on any atom is 0.161 e. The molecule has 1 aliphatic heterocycles. The van der Waals surface area contributed by atoms with E-state index >= 15 is 0 Å². The maximum absolute atomic E-state index is 5.42. The van der Waals surface area contributed by atoms with E-state index in [1.807, 2.05) is 6.07 Å². The Morgan fingerprint density at radius 3 is 2.42 bits per heavy atom. The van der Waals surface area contributed by atoms with E-state index in [1.54, 1.807) is 14.2 Å². The van der Waals surface area contributed by atoms with Gasteiger partial charge in [-0.25, -0.2) is 0 Å². The average molecular weight is 332 g/mol. The molecule has 0 amide bonds. The number of ether oxygens (including phenoxy) is 2. The van der Waals surface area contributed by atoms with Crippen molar-refractivity contribution in [1.29, 1.82) is 0 Å². The fourth-order valence-electron chi connectivity index (χ4n) is 4.26. The van der Waals surface area contributed by atoms with Crippen molar-refractivity contribution >= 4 is 0 Å². The molecule has 1 saturated heterocycles. The molecule has 2 aliphatic rings. The maximum atomic E-state index is 5.42. The smallest absolute Gasteiger partial charge is 0.161 e. The topological polar surface area (TPSA) is 24.9 Å². The highest BCUT2D eigenvalue weighted by molar-refractivity contribution is 5.42. The molecule has 0 bridgehead atoms. The van der Waals surface area contributed by atoms with Crippen LogP contribution in [0, 0.1) is 5.92 Å². The van der Waals surface area contributed by atoms with Gasteiger partial charge in [0, 0.05) is 38.8 Å². The van der Waals surface area contributed by atoms with Gasteiger partial charge in [-0.15, -0.1) is 0 Å². The van der Waals surface area contributed by atoms with Gasteiger partial charge >= 0.3 is 0 Å². The number of rotatable bonds is 5. The number of hydrogen-bond donors (Lipinski definition) is 0. The molecule has 4 heteroatoms. The second-order valence-electron chi connectivity index (χ2n) is 7.43. The Morgan fingerprint density at radius 2 is 1.75 bits per heavy atom. The molecule has 3 rings (SSSR count). The first kappa shape index (κ1) is 17.6. The number of hydrogen-bond acceptors (Lipinski definition) is 4. The van der Waals surface area contributed by atoms with Crippen LogP contribution in [0.1, 0.15) is 38.2 Å². The van der Waals surface area contributed by atoms with Gasteiger partial charge in [0.05, 0.1) is 14.2 Å². The van der Waals surface area contributed by atoms with Crippen molar-refractivity contribution in [3.8, 4) is 11.5 Å². The van der Waals surface area contributed by atoms with Gasteiger partial charge in [0.25, 0.3) is 0 Å². The summed E-state index contributed by atoms with van der Waals surface area (Å²) in [4.78, 5) is 5.30. The van der Waals surface area contributed by atoms with Gasteiger partial charge in [-0.2, -0.15) is 0 Å². The van der Waals surface area contributed by atoms with E-state index in [1.165, 1.54) is 57.4 Å². The zero-order valence-corrected chi connectivity index (χ0v) is 15.5. The van der Waals surface area contributed by atoms with E-state index in [0.29, 0.717) is 0 Å². The second-order valence-corrected chi connectivity index (χ2v) is 7.43. The summed E-state index contributed by atoms with van der Waals surface area (Å²) < 4.78 is 10.7. The number of piperazine rings is 1. The summed E-state index contributed by atoms with van der Waals surface area (Å²) in [5.74, 6) is 2.54. The summed E-state index contributed by atoms with van der Waals surface area (Å²) >= 11 is 0. The van der Waals surface area contributed by atoms with Gasteiger partial charge in [-0.3, -0.25) is 9.80 Å². The lowest BCUT2D eigenvalue weighted by molar-refractivity contribution is 0.0659. The van der Waals surface area contributed by atoms with Crippen molar-refractivity contribution in [2.24, 2.45) is 5.92 Å². The van der Waals surface area contributed by atoms with Crippen molar-refractivity contribution in [3.05, 3.63) is 23.8 Å². The van der Waals surface area contributed by atoms with Crippen LogP contribution in [-0.4, -0.2) is 56.2 Å². The molecule has 2 atom stereocenters. The first-order valence-corrected chi connectivity index (χ1v) is 9.37. The zero-order valence-electron chi connectivity index (χ0n) is 15.5. The van der Waals surface area contributed by atoms with E-state index in [2.05, 4.69) is 28.9 Å². The van der Waals surface area contributed by atoms with Crippen LogP contribution in [0.15, 0.2) is 18.2 Å². The highest BCUT2D eigenvalue weighted by atomic mass is 16.5. The molecule has 4 nitrogen and oxygen atoms in total. The van der Waals surface area contributed by atoms with Crippen LogP contribution in [0.2, 0.25) is 0 Å². The van der Waals surface area contributed by atoms with Gasteiger partial charge in [0.15, 0.2) is 11.5 Å². The Bertz CT molecular complexity index is 526. The van der Waals surface area contributed by atoms with Crippen LogP contribution in [0.4, 0.5) is 0 Å². The molecule has 0 N–H and O–H groups in total. The van der Waals surface area contributed by atoms with Gasteiger partial charge in [-0.05, 0) is 36.5 Å². The van der Waals surface area contributed by atoms with Crippen molar-refractivity contribution in [1.82, 2.24) is 9.80 Å². The molecule has 0 unspecified atom stereocenters.